The third-order valence-electron chi connectivity index (χ3n) is 4.37. The van der Waals surface area contributed by atoms with Crippen molar-refractivity contribution in [3.05, 3.63) is 34.4 Å². The molecule has 1 amide bonds. The lowest BCUT2D eigenvalue weighted by Gasteiger charge is -2.31. The summed E-state index contributed by atoms with van der Waals surface area (Å²) in [5.74, 6) is 0.0294. The van der Waals surface area contributed by atoms with Crippen molar-refractivity contribution in [1.82, 2.24) is 24.9 Å². The Morgan fingerprint density at radius 3 is 2.88 bits per heavy atom. The number of hydrogen-bond donors (Lipinski definition) is 0. The first kappa shape index (κ1) is 15.3. The maximum Gasteiger partial charge on any atom is 0.316 e. The summed E-state index contributed by atoms with van der Waals surface area (Å²) in [6, 6.07) is 0. The highest BCUT2D eigenvalue weighted by molar-refractivity contribution is 6.34. The number of fused-ring (bicyclic) bond motifs is 1. The van der Waals surface area contributed by atoms with Gasteiger partial charge in [0.2, 0.25) is 5.82 Å². The first-order valence-electron chi connectivity index (χ1n) is 7.79. The normalized spacial score (nSPS) is 17.3. The van der Waals surface area contributed by atoms with Crippen LogP contribution in [-0.4, -0.2) is 64.1 Å². The maximum atomic E-state index is 12.5. The summed E-state index contributed by atoms with van der Waals surface area (Å²) in [6.07, 6.45) is 6.34. The molecule has 0 bridgehead atoms. The molecule has 4 rings (SSSR count). The van der Waals surface area contributed by atoms with Gasteiger partial charge in [-0.2, -0.15) is 4.98 Å². The van der Waals surface area contributed by atoms with Crippen molar-refractivity contribution in [3.63, 3.8) is 0 Å². The SMILES string of the molecule is CN1CCN(C(=O)c2nc(-c3cnc4c(c3Cl)C=CC4)no2)CC1. The van der Waals surface area contributed by atoms with E-state index in [0.29, 0.717) is 23.7 Å². The quantitative estimate of drug-likeness (QED) is 0.825. The molecule has 1 fully saturated rings. The van der Waals surface area contributed by atoms with Gasteiger partial charge >= 0.3 is 11.8 Å². The van der Waals surface area contributed by atoms with Gasteiger partial charge in [-0.25, -0.2) is 0 Å². The Hall–Kier alpha value is -2.25. The monoisotopic (exact) mass is 345 g/mol. The van der Waals surface area contributed by atoms with Crippen LogP contribution in [0.5, 0.6) is 0 Å². The molecular formula is C16H16ClN5O2. The maximum absolute atomic E-state index is 12.5. The summed E-state index contributed by atoms with van der Waals surface area (Å²) in [5, 5.41) is 4.45. The van der Waals surface area contributed by atoms with E-state index < -0.39 is 0 Å². The van der Waals surface area contributed by atoms with Gasteiger partial charge in [-0.3, -0.25) is 9.78 Å². The smallest absolute Gasteiger partial charge is 0.316 e. The van der Waals surface area contributed by atoms with Gasteiger partial charge in [0.05, 0.1) is 16.3 Å². The molecule has 0 atom stereocenters. The topological polar surface area (TPSA) is 75.4 Å². The van der Waals surface area contributed by atoms with E-state index in [-0.39, 0.29) is 17.6 Å². The van der Waals surface area contributed by atoms with Gasteiger partial charge in [0, 0.05) is 44.4 Å². The third kappa shape index (κ3) is 2.59. The predicted molar refractivity (Wildman–Crippen MR) is 88.7 cm³/mol. The van der Waals surface area contributed by atoms with Crippen LogP contribution in [0, 0.1) is 0 Å². The first-order chi connectivity index (χ1) is 11.6. The highest BCUT2D eigenvalue weighted by Crippen LogP contribution is 2.33. The number of nitrogens with zero attached hydrogens (tertiary/aromatic N) is 5. The first-order valence-corrected chi connectivity index (χ1v) is 8.17. The molecule has 0 radical (unpaired) electrons. The van der Waals surface area contributed by atoms with E-state index in [0.717, 1.165) is 30.8 Å². The van der Waals surface area contributed by atoms with Crippen LogP contribution in [0.15, 0.2) is 16.8 Å². The zero-order chi connectivity index (χ0) is 16.7. The molecule has 8 heteroatoms. The Morgan fingerprint density at radius 2 is 2.08 bits per heavy atom. The number of aromatic nitrogens is 3. The Labute approximate surface area is 143 Å². The number of carbonyl (C=O) groups is 1. The van der Waals surface area contributed by atoms with E-state index in [1.807, 2.05) is 19.2 Å². The zero-order valence-electron chi connectivity index (χ0n) is 13.2. The lowest BCUT2D eigenvalue weighted by molar-refractivity contribution is 0.0615. The molecule has 0 spiro atoms. The van der Waals surface area contributed by atoms with Crippen molar-refractivity contribution >= 4 is 23.6 Å². The van der Waals surface area contributed by atoms with Crippen LogP contribution in [-0.2, 0) is 6.42 Å². The minimum atomic E-state index is -0.244. The third-order valence-corrected chi connectivity index (χ3v) is 4.78. The van der Waals surface area contributed by atoms with Crippen LogP contribution in [0.4, 0.5) is 0 Å². The number of hydrogen-bond acceptors (Lipinski definition) is 6. The summed E-state index contributed by atoms with van der Waals surface area (Å²) < 4.78 is 5.16. The molecule has 0 N–H and O–H groups in total. The fraction of sp³-hybridized carbons (Fsp3) is 0.375. The Bertz CT molecular complexity index is 824. The van der Waals surface area contributed by atoms with Crippen LogP contribution in [0.25, 0.3) is 17.5 Å². The second kappa shape index (κ2) is 5.99. The molecular weight excluding hydrogens is 330 g/mol. The number of amides is 1. The zero-order valence-corrected chi connectivity index (χ0v) is 14.0. The average Bonchev–Trinajstić information content (AvgIpc) is 3.25. The molecule has 2 aromatic heterocycles. The van der Waals surface area contributed by atoms with Crippen molar-refractivity contribution in [1.29, 1.82) is 0 Å². The molecule has 1 aliphatic carbocycles. The summed E-state index contributed by atoms with van der Waals surface area (Å²) in [6.45, 7) is 2.97. The molecule has 2 aromatic rings. The number of rotatable bonds is 2. The fourth-order valence-corrected chi connectivity index (χ4v) is 3.19. The van der Waals surface area contributed by atoms with E-state index in [1.165, 1.54) is 0 Å². The molecule has 0 unspecified atom stereocenters. The molecule has 1 saturated heterocycles. The second-order valence-corrected chi connectivity index (χ2v) is 6.35. The molecule has 0 aromatic carbocycles. The molecule has 7 nitrogen and oxygen atoms in total. The largest absolute Gasteiger partial charge is 0.332 e. The molecule has 0 saturated carbocycles. The van der Waals surface area contributed by atoms with Crippen molar-refractivity contribution in [2.45, 2.75) is 6.42 Å². The minimum absolute atomic E-state index is 0.0124. The number of carbonyl (C=O) groups excluding carboxylic acids is 1. The molecule has 2 aliphatic rings. The number of pyridine rings is 1. The van der Waals surface area contributed by atoms with E-state index in [4.69, 9.17) is 16.1 Å². The van der Waals surface area contributed by atoms with E-state index >= 15 is 0 Å². The van der Waals surface area contributed by atoms with E-state index in [2.05, 4.69) is 20.0 Å². The Balaban J connectivity index is 1.59. The van der Waals surface area contributed by atoms with Crippen LogP contribution in [0.3, 0.4) is 0 Å². The fourth-order valence-electron chi connectivity index (χ4n) is 2.88. The molecule has 3 heterocycles. The highest BCUT2D eigenvalue weighted by atomic mass is 35.5. The van der Waals surface area contributed by atoms with Gasteiger partial charge in [-0.1, -0.05) is 28.9 Å². The second-order valence-electron chi connectivity index (χ2n) is 5.97. The lowest BCUT2D eigenvalue weighted by Crippen LogP contribution is -2.47. The van der Waals surface area contributed by atoms with Crippen molar-refractivity contribution < 1.29 is 9.32 Å². The van der Waals surface area contributed by atoms with Crippen molar-refractivity contribution in [2.24, 2.45) is 0 Å². The number of piperazine rings is 1. The van der Waals surface area contributed by atoms with E-state index in [9.17, 15) is 4.79 Å². The Kier molecular flexibility index (Phi) is 3.82. The van der Waals surface area contributed by atoms with Gasteiger partial charge in [0.1, 0.15) is 0 Å². The van der Waals surface area contributed by atoms with Crippen LogP contribution in [0.2, 0.25) is 5.02 Å². The number of likely N-dealkylation sites (N-methyl/N-ethyl adjacent to an activating group) is 1. The summed E-state index contributed by atoms with van der Waals surface area (Å²) in [7, 11) is 2.03. The predicted octanol–water partition coefficient (Wildman–Crippen LogP) is 1.74. The van der Waals surface area contributed by atoms with Gasteiger partial charge in [-0.15, -0.1) is 0 Å². The highest BCUT2D eigenvalue weighted by Gasteiger charge is 2.26. The standard InChI is InChI=1S/C16H16ClN5O2/c1-21-5-7-22(8-6-21)16(23)15-19-14(20-24-15)11-9-18-12-4-2-3-10(12)13(11)17/h2-3,9H,4-8H2,1H3. The van der Waals surface area contributed by atoms with Crippen LogP contribution >= 0.6 is 11.6 Å². The Morgan fingerprint density at radius 1 is 1.29 bits per heavy atom. The van der Waals surface area contributed by atoms with E-state index in [1.54, 1.807) is 11.1 Å². The van der Waals surface area contributed by atoms with Crippen LogP contribution in [0.1, 0.15) is 21.9 Å². The number of halogens is 1. The van der Waals surface area contributed by atoms with Crippen molar-refractivity contribution in [3.8, 4) is 11.4 Å². The minimum Gasteiger partial charge on any atom is -0.332 e. The number of allylic oxidation sites excluding steroid dienone is 1. The van der Waals surface area contributed by atoms with Crippen LogP contribution < -0.4 is 0 Å². The molecule has 124 valence electrons. The van der Waals surface area contributed by atoms with Gasteiger partial charge in [-0.05, 0) is 7.05 Å². The lowest BCUT2D eigenvalue weighted by atomic mass is 10.1. The van der Waals surface area contributed by atoms with Gasteiger partial charge in [0.25, 0.3) is 0 Å². The van der Waals surface area contributed by atoms with Crippen molar-refractivity contribution in [2.75, 3.05) is 33.2 Å². The van der Waals surface area contributed by atoms with Gasteiger partial charge in [0.15, 0.2) is 0 Å². The summed E-state index contributed by atoms with van der Waals surface area (Å²) >= 11 is 6.43. The summed E-state index contributed by atoms with van der Waals surface area (Å²) in [4.78, 5) is 25.0. The average molecular weight is 346 g/mol. The summed E-state index contributed by atoms with van der Waals surface area (Å²) in [5.41, 5.74) is 2.38. The van der Waals surface area contributed by atoms with Gasteiger partial charge < -0.3 is 14.3 Å². The molecule has 24 heavy (non-hydrogen) atoms. The molecule has 1 aliphatic heterocycles.